The van der Waals surface area contributed by atoms with E-state index in [-0.39, 0.29) is 10.7 Å². The Labute approximate surface area is 144 Å². The summed E-state index contributed by atoms with van der Waals surface area (Å²) in [6.07, 6.45) is 5.58. The normalized spacial score (nSPS) is 18.7. The van der Waals surface area contributed by atoms with E-state index in [9.17, 15) is 4.79 Å². The van der Waals surface area contributed by atoms with Gasteiger partial charge in [0.15, 0.2) is 0 Å². The van der Waals surface area contributed by atoms with Gasteiger partial charge < -0.3 is 9.32 Å². The van der Waals surface area contributed by atoms with Crippen LogP contribution in [0.1, 0.15) is 29.6 Å². The summed E-state index contributed by atoms with van der Waals surface area (Å²) in [5.41, 5.74) is 1.50. The van der Waals surface area contributed by atoms with Crippen molar-refractivity contribution in [3.05, 3.63) is 34.7 Å². The number of H-pyrrole nitrogens is 1. The lowest BCUT2D eigenvalue weighted by molar-refractivity contribution is 0.0763. The lowest BCUT2D eigenvalue weighted by atomic mass is 10.1. The first kappa shape index (κ1) is 16.3. The number of hydrogen-bond donors (Lipinski definition) is 1. The second-order valence-electron chi connectivity index (χ2n) is 5.60. The first-order chi connectivity index (χ1) is 11.2. The third-order valence-corrected chi connectivity index (χ3v) is 5.29. The average molecular weight is 349 g/mol. The number of likely N-dealkylation sites (tertiary alicyclic amines) is 1. The van der Waals surface area contributed by atoms with Crippen molar-refractivity contribution >= 4 is 29.9 Å². The number of hydrogen-bond acceptors (Lipinski definition) is 5. The molecule has 0 aliphatic carbocycles. The van der Waals surface area contributed by atoms with E-state index in [0.717, 1.165) is 25.1 Å². The highest BCUT2D eigenvalue weighted by Gasteiger charge is 2.22. The third kappa shape index (κ3) is 3.84. The minimum atomic E-state index is 0.0976. The van der Waals surface area contributed by atoms with Crippen LogP contribution in [0.3, 0.4) is 0 Å². The van der Waals surface area contributed by atoms with E-state index in [1.165, 1.54) is 12.8 Å². The Morgan fingerprint density at radius 2 is 2.17 bits per heavy atom. The Bertz CT molecular complexity index is 723. The molecule has 1 aromatic heterocycles. The maximum absolute atomic E-state index is 12.7. The molecule has 1 fully saturated rings. The predicted octanol–water partition coefficient (Wildman–Crippen LogP) is 3.76. The molecule has 0 spiro atoms. The second kappa shape index (κ2) is 7.31. The number of nitrogens with zero attached hydrogens (tertiary/aromatic N) is 2. The van der Waals surface area contributed by atoms with Gasteiger partial charge in [-0.1, -0.05) is 6.42 Å². The zero-order valence-corrected chi connectivity index (χ0v) is 14.6. The summed E-state index contributed by atoms with van der Waals surface area (Å²) in [4.78, 5) is 14.9. The Kier molecular flexibility index (Phi) is 5.17. The quantitative estimate of drug-likeness (QED) is 0.855. The van der Waals surface area contributed by atoms with Crippen LogP contribution in [-0.4, -0.2) is 45.6 Å². The molecule has 122 valence electrons. The van der Waals surface area contributed by atoms with E-state index in [1.807, 2.05) is 40.9 Å². The van der Waals surface area contributed by atoms with Gasteiger partial charge in [0.2, 0.25) is 5.89 Å². The molecule has 23 heavy (non-hydrogen) atoms. The summed E-state index contributed by atoms with van der Waals surface area (Å²) in [6.45, 7) is 1.67. The molecule has 1 unspecified atom stereocenters. The molecule has 2 aromatic rings. The molecule has 1 amide bonds. The SMILES string of the molecule is CSC1CCCCN(C(=O)c2ccc(-c3n[nH]c(=S)o3)cc2)C1. The van der Waals surface area contributed by atoms with Crippen LogP contribution < -0.4 is 0 Å². The third-order valence-electron chi connectivity index (χ3n) is 4.07. The zero-order valence-electron chi connectivity index (χ0n) is 12.9. The molecule has 7 heteroatoms. The zero-order chi connectivity index (χ0) is 16.2. The maximum atomic E-state index is 12.7. The van der Waals surface area contributed by atoms with Crippen molar-refractivity contribution in [1.29, 1.82) is 0 Å². The largest absolute Gasteiger partial charge is 0.409 e. The monoisotopic (exact) mass is 349 g/mol. The fraction of sp³-hybridized carbons (Fsp3) is 0.438. The molecule has 0 bridgehead atoms. The van der Waals surface area contributed by atoms with Crippen molar-refractivity contribution in [1.82, 2.24) is 15.1 Å². The van der Waals surface area contributed by atoms with E-state index in [4.69, 9.17) is 16.6 Å². The molecule has 2 heterocycles. The van der Waals surface area contributed by atoms with Gasteiger partial charge in [-0.3, -0.25) is 4.79 Å². The van der Waals surface area contributed by atoms with E-state index in [2.05, 4.69) is 16.5 Å². The Morgan fingerprint density at radius 3 is 2.83 bits per heavy atom. The van der Waals surface area contributed by atoms with Crippen molar-refractivity contribution in [3.8, 4) is 11.5 Å². The summed E-state index contributed by atoms with van der Waals surface area (Å²) < 4.78 is 5.28. The van der Waals surface area contributed by atoms with Crippen LogP contribution in [-0.2, 0) is 0 Å². The van der Waals surface area contributed by atoms with Crippen molar-refractivity contribution in [2.24, 2.45) is 0 Å². The molecule has 3 rings (SSSR count). The highest BCUT2D eigenvalue weighted by molar-refractivity contribution is 7.99. The van der Waals surface area contributed by atoms with Gasteiger partial charge in [-0.15, -0.1) is 5.10 Å². The van der Waals surface area contributed by atoms with E-state index < -0.39 is 0 Å². The van der Waals surface area contributed by atoms with Gasteiger partial charge in [0.25, 0.3) is 10.7 Å². The average Bonchev–Trinajstić information content (AvgIpc) is 2.87. The van der Waals surface area contributed by atoms with Crippen molar-refractivity contribution in [2.75, 3.05) is 19.3 Å². The van der Waals surface area contributed by atoms with Gasteiger partial charge in [-0.05, 0) is 55.6 Å². The first-order valence-corrected chi connectivity index (χ1v) is 9.35. The molecule has 1 atom stereocenters. The van der Waals surface area contributed by atoms with Crippen molar-refractivity contribution < 1.29 is 9.21 Å². The van der Waals surface area contributed by atoms with Crippen LogP contribution in [0, 0.1) is 4.84 Å². The molecule has 0 saturated carbocycles. The van der Waals surface area contributed by atoms with Crippen molar-refractivity contribution in [2.45, 2.75) is 24.5 Å². The smallest absolute Gasteiger partial charge is 0.284 e. The minimum Gasteiger partial charge on any atom is -0.409 e. The molecular formula is C16H19N3O2S2. The van der Waals surface area contributed by atoms with Crippen LogP contribution in [0.25, 0.3) is 11.5 Å². The first-order valence-electron chi connectivity index (χ1n) is 7.65. The molecular weight excluding hydrogens is 330 g/mol. The summed E-state index contributed by atoms with van der Waals surface area (Å²) in [5, 5.41) is 7.12. The van der Waals surface area contributed by atoms with Crippen molar-refractivity contribution in [3.63, 3.8) is 0 Å². The number of nitrogens with one attached hydrogen (secondary N) is 1. The van der Waals surface area contributed by atoms with Crippen LogP contribution in [0.2, 0.25) is 0 Å². The highest BCUT2D eigenvalue weighted by Crippen LogP contribution is 2.22. The van der Waals surface area contributed by atoms with Gasteiger partial charge in [0.1, 0.15) is 0 Å². The van der Waals surface area contributed by atoms with Gasteiger partial charge in [-0.2, -0.15) is 11.8 Å². The van der Waals surface area contributed by atoms with Gasteiger partial charge in [-0.25, -0.2) is 5.10 Å². The number of rotatable bonds is 3. The molecule has 1 aliphatic heterocycles. The summed E-state index contributed by atoms with van der Waals surface area (Å²) >= 11 is 6.72. The molecule has 0 radical (unpaired) electrons. The summed E-state index contributed by atoms with van der Waals surface area (Å²) in [7, 11) is 0. The molecule has 1 N–H and O–H groups in total. The van der Waals surface area contributed by atoms with Gasteiger partial charge in [0.05, 0.1) is 0 Å². The standard InChI is InChI=1S/C16H19N3O2S2/c1-23-13-4-2-3-9-19(10-13)15(20)12-7-5-11(6-8-12)14-17-18-16(22)21-14/h5-8,13H,2-4,9-10H2,1H3,(H,18,22). The van der Waals surface area contributed by atoms with E-state index in [1.54, 1.807) is 0 Å². The van der Waals surface area contributed by atoms with Crippen LogP contribution >= 0.6 is 24.0 Å². The van der Waals surface area contributed by atoms with Gasteiger partial charge >= 0.3 is 0 Å². The second-order valence-corrected chi connectivity index (χ2v) is 7.11. The number of carbonyl (C=O) groups excluding carboxylic acids is 1. The maximum Gasteiger partial charge on any atom is 0.284 e. The van der Waals surface area contributed by atoms with Gasteiger partial charge in [0, 0.05) is 29.5 Å². The fourth-order valence-electron chi connectivity index (χ4n) is 2.77. The molecule has 5 nitrogen and oxygen atoms in total. The molecule has 1 aliphatic rings. The van der Waals surface area contributed by atoms with E-state index in [0.29, 0.717) is 16.7 Å². The molecule has 1 saturated heterocycles. The lowest BCUT2D eigenvalue weighted by Gasteiger charge is -2.23. The van der Waals surface area contributed by atoms with E-state index >= 15 is 0 Å². The lowest BCUT2D eigenvalue weighted by Crippen LogP contribution is -2.35. The number of carbonyl (C=O) groups is 1. The summed E-state index contributed by atoms with van der Waals surface area (Å²) in [5.74, 6) is 0.534. The highest BCUT2D eigenvalue weighted by atomic mass is 32.2. The number of aromatic nitrogens is 2. The van der Waals surface area contributed by atoms with Crippen LogP contribution in [0.15, 0.2) is 28.7 Å². The molecule has 1 aromatic carbocycles. The Hall–Kier alpha value is -1.60. The summed E-state index contributed by atoms with van der Waals surface area (Å²) in [6, 6.07) is 7.32. The number of amides is 1. The number of thioether (sulfide) groups is 1. The predicted molar refractivity (Wildman–Crippen MR) is 94.2 cm³/mol. The van der Waals surface area contributed by atoms with Crippen LogP contribution in [0.5, 0.6) is 0 Å². The van der Waals surface area contributed by atoms with Crippen LogP contribution in [0.4, 0.5) is 0 Å². The Morgan fingerprint density at radius 1 is 1.39 bits per heavy atom. The fourth-order valence-corrected chi connectivity index (χ4v) is 3.63. The Balaban J connectivity index is 1.75. The number of aromatic amines is 1. The number of benzene rings is 1. The topological polar surface area (TPSA) is 62.1 Å². The minimum absolute atomic E-state index is 0.0976.